The molecule has 2 saturated heterocycles. The number of carbonyl (C=O) groups excluding carboxylic acids is 2. The number of hydrogen-bond donors (Lipinski definition) is 2. The molecule has 2 N–H and O–H groups in total. The van der Waals surface area contributed by atoms with Crippen LogP contribution in [-0.4, -0.2) is 54.1 Å². The number of rotatable bonds is 6. The molecule has 0 spiro atoms. The zero-order valence-corrected chi connectivity index (χ0v) is 16.4. The Labute approximate surface area is 165 Å². The van der Waals surface area contributed by atoms with Crippen LogP contribution in [0.3, 0.4) is 0 Å². The van der Waals surface area contributed by atoms with Crippen LogP contribution in [0.15, 0.2) is 30.3 Å². The van der Waals surface area contributed by atoms with Gasteiger partial charge in [0.25, 0.3) is 0 Å². The molecule has 1 unspecified atom stereocenters. The number of carboxylic acids is 1. The van der Waals surface area contributed by atoms with E-state index in [1.165, 1.54) is 0 Å². The lowest BCUT2D eigenvalue weighted by Crippen LogP contribution is -2.46. The van der Waals surface area contributed by atoms with E-state index in [-0.39, 0.29) is 30.2 Å². The van der Waals surface area contributed by atoms with Crippen molar-refractivity contribution < 1.29 is 24.2 Å². The molecule has 1 aromatic carbocycles. The number of aliphatic carboxylic acids is 1. The lowest BCUT2D eigenvalue weighted by Gasteiger charge is -2.34. The summed E-state index contributed by atoms with van der Waals surface area (Å²) < 4.78 is 5.47. The summed E-state index contributed by atoms with van der Waals surface area (Å²) in [4.78, 5) is 39.3. The summed E-state index contributed by atoms with van der Waals surface area (Å²) in [7, 11) is 0. The van der Waals surface area contributed by atoms with E-state index in [4.69, 9.17) is 4.74 Å². The van der Waals surface area contributed by atoms with Crippen molar-refractivity contribution in [1.29, 1.82) is 0 Å². The van der Waals surface area contributed by atoms with Crippen molar-refractivity contribution in [2.75, 3.05) is 26.3 Å². The zero-order valence-electron chi connectivity index (χ0n) is 16.4. The summed E-state index contributed by atoms with van der Waals surface area (Å²) in [6.07, 6.45) is 0.721. The maximum Gasteiger partial charge on any atom is 0.311 e. The topological polar surface area (TPSA) is 95.9 Å². The third-order valence-corrected chi connectivity index (χ3v) is 5.72. The van der Waals surface area contributed by atoms with E-state index in [2.05, 4.69) is 5.32 Å². The Hall–Kier alpha value is -2.41. The minimum absolute atomic E-state index is 0.151. The summed E-state index contributed by atoms with van der Waals surface area (Å²) >= 11 is 0. The number of likely N-dealkylation sites (tertiary alicyclic amines) is 1. The lowest BCUT2D eigenvalue weighted by molar-refractivity contribution is -0.157. The van der Waals surface area contributed by atoms with Gasteiger partial charge in [-0.05, 0) is 17.9 Å². The second-order valence-electron chi connectivity index (χ2n) is 8.21. The van der Waals surface area contributed by atoms with Gasteiger partial charge in [0, 0.05) is 32.0 Å². The molecule has 0 saturated carbocycles. The summed E-state index contributed by atoms with van der Waals surface area (Å²) in [5.41, 5.74) is -0.267. The molecule has 0 aromatic heterocycles. The molecule has 0 bridgehead atoms. The molecule has 7 heteroatoms. The van der Waals surface area contributed by atoms with Crippen molar-refractivity contribution in [2.45, 2.75) is 32.7 Å². The average molecular weight is 388 g/mol. The lowest BCUT2D eigenvalue weighted by atomic mass is 9.74. The third kappa shape index (κ3) is 4.04. The normalized spacial score (nSPS) is 25.2. The van der Waals surface area contributed by atoms with Gasteiger partial charge in [-0.1, -0.05) is 44.2 Å². The van der Waals surface area contributed by atoms with Crippen molar-refractivity contribution in [3.8, 4) is 0 Å². The maximum atomic E-state index is 13.4. The Morgan fingerprint density at radius 2 is 2.00 bits per heavy atom. The van der Waals surface area contributed by atoms with Gasteiger partial charge in [0.1, 0.15) is 6.04 Å². The Kier molecular flexibility index (Phi) is 6.03. The largest absolute Gasteiger partial charge is 0.481 e. The van der Waals surface area contributed by atoms with Crippen LogP contribution in [0.25, 0.3) is 0 Å². The standard InChI is InChI=1S/C21H28N2O5/c1-14(2)10-17(24)22-18(15-6-4-3-5-7-15)19(25)23-11-16-12-28-9-8-21(16,13-23)20(26)27/h3-7,14,16,18H,8-13H2,1-2H3,(H,22,24)(H,26,27)/t16-,18?,21+/m0/s1. The van der Waals surface area contributed by atoms with Gasteiger partial charge in [-0.2, -0.15) is 0 Å². The second kappa shape index (κ2) is 8.31. The number of amides is 2. The van der Waals surface area contributed by atoms with Crippen LogP contribution < -0.4 is 5.32 Å². The van der Waals surface area contributed by atoms with E-state index in [0.717, 1.165) is 0 Å². The number of nitrogens with one attached hydrogen (secondary N) is 1. The van der Waals surface area contributed by atoms with Crippen LogP contribution in [0, 0.1) is 17.3 Å². The van der Waals surface area contributed by atoms with E-state index in [0.29, 0.717) is 38.2 Å². The van der Waals surface area contributed by atoms with Gasteiger partial charge in [0.2, 0.25) is 11.8 Å². The molecular formula is C21H28N2O5. The fourth-order valence-electron chi connectivity index (χ4n) is 4.17. The third-order valence-electron chi connectivity index (χ3n) is 5.72. The van der Waals surface area contributed by atoms with Gasteiger partial charge < -0.3 is 20.1 Å². The molecule has 3 rings (SSSR count). The highest BCUT2D eigenvalue weighted by atomic mass is 16.5. The first kappa shape index (κ1) is 20.3. The first-order chi connectivity index (χ1) is 13.3. The molecule has 1 aromatic rings. The summed E-state index contributed by atoms with van der Waals surface area (Å²) in [6, 6.07) is 8.28. The molecule has 2 aliphatic heterocycles. The quantitative estimate of drug-likeness (QED) is 0.775. The van der Waals surface area contributed by atoms with Crippen LogP contribution >= 0.6 is 0 Å². The van der Waals surface area contributed by atoms with Gasteiger partial charge in [0.15, 0.2) is 0 Å². The number of nitrogens with zero attached hydrogens (tertiary/aromatic N) is 1. The zero-order chi connectivity index (χ0) is 20.3. The van der Waals surface area contributed by atoms with Gasteiger partial charge >= 0.3 is 5.97 Å². The number of fused-ring (bicyclic) bond motifs is 1. The fourth-order valence-corrected chi connectivity index (χ4v) is 4.17. The number of carbonyl (C=O) groups is 3. The highest BCUT2D eigenvalue weighted by Crippen LogP contribution is 2.43. The van der Waals surface area contributed by atoms with Gasteiger partial charge in [0.05, 0.1) is 12.0 Å². The molecule has 28 heavy (non-hydrogen) atoms. The highest BCUT2D eigenvalue weighted by molar-refractivity contribution is 5.90. The van der Waals surface area contributed by atoms with Crippen molar-refractivity contribution in [3.05, 3.63) is 35.9 Å². The Balaban J connectivity index is 1.83. The molecule has 0 radical (unpaired) electrons. The van der Waals surface area contributed by atoms with E-state index in [1.54, 1.807) is 17.0 Å². The molecule has 2 fully saturated rings. The van der Waals surface area contributed by atoms with Crippen molar-refractivity contribution in [2.24, 2.45) is 17.3 Å². The molecule has 2 amide bonds. The molecular weight excluding hydrogens is 360 g/mol. The fraction of sp³-hybridized carbons (Fsp3) is 0.571. The van der Waals surface area contributed by atoms with Crippen LogP contribution in [0.5, 0.6) is 0 Å². The summed E-state index contributed by atoms with van der Waals surface area (Å²) in [5, 5.41) is 12.7. The summed E-state index contributed by atoms with van der Waals surface area (Å²) in [5.74, 6) is -1.39. The van der Waals surface area contributed by atoms with Crippen LogP contribution in [-0.2, 0) is 19.1 Å². The van der Waals surface area contributed by atoms with E-state index in [9.17, 15) is 19.5 Å². The Morgan fingerprint density at radius 1 is 1.29 bits per heavy atom. The van der Waals surface area contributed by atoms with E-state index in [1.807, 2.05) is 32.0 Å². The Bertz CT molecular complexity index is 736. The number of hydrogen-bond acceptors (Lipinski definition) is 4. The van der Waals surface area contributed by atoms with Crippen LogP contribution in [0.2, 0.25) is 0 Å². The average Bonchev–Trinajstić information content (AvgIpc) is 3.07. The summed E-state index contributed by atoms with van der Waals surface area (Å²) in [6.45, 7) is 5.10. The highest BCUT2D eigenvalue weighted by Gasteiger charge is 2.55. The predicted octanol–water partition coefficient (Wildman–Crippen LogP) is 1.84. The van der Waals surface area contributed by atoms with E-state index >= 15 is 0 Å². The predicted molar refractivity (Wildman–Crippen MR) is 102 cm³/mol. The van der Waals surface area contributed by atoms with Gasteiger partial charge in [-0.15, -0.1) is 0 Å². The number of benzene rings is 1. The smallest absolute Gasteiger partial charge is 0.311 e. The molecule has 152 valence electrons. The second-order valence-corrected chi connectivity index (χ2v) is 8.21. The van der Waals surface area contributed by atoms with Gasteiger partial charge in [-0.25, -0.2) is 0 Å². The molecule has 7 nitrogen and oxygen atoms in total. The molecule has 2 aliphatic rings. The molecule has 2 heterocycles. The minimum atomic E-state index is -0.961. The first-order valence-electron chi connectivity index (χ1n) is 9.77. The van der Waals surface area contributed by atoms with Crippen LogP contribution in [0.4, 0.5) is 0 Å². The molecule has 3 atom stereocenters. The van der Waals surface area contributed by atoms with Crippen molar-refractivity contribution in [3.63, 3.8) is 0 Å². The maximum absolute atomic E-state index is 13.4. The monoisotopic (exact) mass is 388 g/mol. The Morgan fingerprint density at radius 3 is 2.61 bits per heavy atom. The SMILES string of the molecule is CC(C)CC(=O)NC(C(=O)N1C[C@H]2COCC[C@@]2(C(=O)O)C1)c1ccccc1. The number of ether oxygens (including phenoxy) is 1. The minimum Gasteiger partial charge on any atom is -0.481 e. The van der Waals surface area contributed by atoms with Crippen molar-refractivity contribution in [1.82, 2.24) is 10.2 Å². The van der Waals surface area contributed by atoms with Gasteiger partial charge in [-0.3, -0.25) is 14.4 Å². The van der Waals surface area contributed by atoms with Crippen LogP contribution in [0.1, 0.15) is 38.3 Å². The first-order valence-corrected chi connectivity index (χ1v) is 9.77. The molecule has 0 aliphatic carbocycles. The van der Waals surface area contributed by atoms with Crippen molar-refractivity contribution >= 4 is 17.8 Å². The number of carboxylic acid groups (broad SMARTS) is 1. The van der Waals surface area contributed by atoms with E-state index < -0.39 is 17.4 Å².